The van der Waals surface area contributed by atoms with E-state index in [0.717, 1.165) is 30.2 Å². The smallest absolute Gasteiger partial charge is 0.334 e. The Morgan fingerprint density at radius 3 is 2.76 bits per heavy atom. The summed E-state index contributed by atoms with van der Waals surface area (Å²) in [5.41, 5.74) is 1.07. The number of ether oxygens (including phenoxy) is 1. The van der Waals surface area contributed by atoms with Gasteiger partial charge in [0.2, 0.25) is 11.8 Å². The van der Waals surface area contributed by atoms with Gasteiger partial charge in [-0.2, -0.15) is 0 Å². The van der Waals surface area contributed by atoms with Gasteiger partial charge in [-0.25, -0.2) is 4.79 Å². The fraction of sp³-hybridized carbons (Fsp3) is 0.538. The van der Waals surface area contributed by atoms with E-state index < -0.39 is 36.0 Å². The van der Waals surface area contributed by atoms with Gasteiger partial charge >= 0.3 is 5.97 Å². The van der Waals surface area contributed by atoms with Crippen LogP contribution in [0.2, 0.25) is 0 Å². The number of benzene rings is 1. The Labute approximate surface area is 213 Å². The number of fused-ring (bicyclic) bond motifs is 2. The normalized spacial score (nSPS) is 26.5. The molecule has 2 aromatic rings. The molecule has 3 aliphatic rings. The van der Waals surface area contributed by atoms with Crippen LogP contribution < -0.4 is 15.4 Å². The first kappa shape index (κ1) is 25.1. The minimum atomic E-state index is -1.87. The molecule has 5 N–H and O–H groups in total. The van der Waals surface area contributed by atoms with E-state index >= 15 is 0 Å². The second-order valence-corrected chi connectivity index (χ2v) is 10.3. The monoisotopic (exact) mass is 512 g/mol. The number of carboxylic acid groups (broad SMARTS) is 1. The molecule has 2 aliphatic heterocycles. The molecule has 3 heterocycles. The maximum atomic E-state index is 13.7. The number of rotatable bonds is 8. The molecule has 1 saturated carbocycles. The van der Waals surface area contributed by atoms with Crippen molar-refractivity contribution in [2.75, 3.05) is 20.2 Å². The summed E-state index contributed by atoms with van der Waals surface area (Å²) in [6.07, 6.45) is 1.27. The Morgan fingerprint density at radius 1 is 1.24 bits per heavy atom. The predicted molar refractivity (Wildman–Crippen MR) is 132 cm³/mol. The summed E-state index contributed by atoms with van der Waals surface area (Å²) in [4.78, 5) is 55.7. The molecule has 11 nitrogen and oxygen atoms in total. The third-order valence-corrected chi connectivity index (χ3v) is 8.16. The quantitative estimate of drug-likeness (QED) is 0.351. The van der Waals surface area contributed by atoms with Crippen molar-refractivity contribution in [3.8, 4) is 5.75 Å². The van der Waals surface area contributed by atoms with Crippen LogP contribution in [0, 0.1) is 17.8 Å². The number of carbonyl (C=O) groups excluding carboxylic acids is 3. The Morgan fingerprint density at radius 2 is 2.05 bits per heavy atom. The average Bonchev–Trinajstić information content (AvgIpc) is 3.66. The van der Waals surface area contributed by atoms with Crippen LogP contribution in [-0.4, -0.2) is 82.2 Å². The Balaban J connectivity index is 1.40. The molecule has 3 fully saturated rings. The highest BCUT2D eigenvalue weighted by molar-refractivity contribution is 6.02. The van der Waals surface area contributed by atoms with Gasteiger partial charge in [0.1, 0.15) is 17.5 Å². The third kappa shape index (κ3) is 4.63. The van der Waals surface area contributed by atoms with Crippen LogP contribution in [0.15, 0.2) is 24.3 Å². The van der Waals surface area contributed by atoms with Gasteiger partial charge in [-0.3, -0.25) is 14.4 Å². The molecule has 1 aliphatic carbocycles. The lowest BCUT2D eigenvalue weighted by Gasteiger charge is -2.30. The summed E-state index contributed by atoms with van der Waals surface area (Å²) in [7, 11) is 1.56. The second kappa shape index (κ2) is 10.0. The highest BCUT2D eigenvalue weighted by Crippen LogP contribution is 2.43. The summed E-state index contributed by atoms with van der Waals surface area (Å²) in [6.45, 7) is 0.891. The fourth-order valence-electron chi connectivity index (χ4n) is 6.31. The number of hydrogen-bond donors (Lipinski definition) is 5. The lowest BCUT2D eigenvalue weighted by atomic mass is 9.91. The van der Waals surface area contributed by atoms with Gasteiger partial charge in [-0.15, -0.1) is 0 Å². The number of nitrogens with zero attached hydrogens (tertiary/aromatic N) is 1. The Hall–Kier alpha value is -3.60. The van der Waals surface area contributed by atoms with Crippen molar-refractivity contribution in [3.63, 3.8) is 0 Å². The highest BCUT2D eigenvalue weighted by Gasteiger charge is 2.50. The van der Waals surface area contributed by atoms with Crippen LogP contribution >= 0.6 is 0 Å². The van der Waals surface area contributed by atoms with E-state index in [2.05, 4.69) is 15.6 Å². The van der Waals surface area contributed by atoms with Gasteiger partial charge in [-0.05, 0) is 55.7 Å². The van der Waals surface area contributed by atoms with Crippen LogP contribution in [0.3, 0.4) is 0 Å². The van der Waals surface area contributed by atoms with Crippen LogP contribution in [0.4, 0.5) is 0 Å². The van der Waals surface area contributed by atoms with Gasteiger partial charge in [0.05, 0.1) is 13.2 Å². The number of aliphatic carboxylic acids is 1. The molecule has 3 amide bonds. The number of amides is 3. The van der Waals surface area contributed by atoms with Crippen molar-refractivity contribution in [1.82, 2.24) is 20.5 Å². The van der Waals surface area contributed by atoms with Crippen LogP contribution in [-0.2, 0) is 14.4 Å². The van der Waals surface area contributed by atoms with Crippen LogP contribution in [0.25, 0.3) is 10.9 Å². The molecule has 5 rings (SSSR count). The number of carbonyl (C=O) groups is 4. The molecule has 198 valence electrons. The molecular weight excluding hydrogens is 480 g/mol. The number of aliphatic hydroxyl groups excluding tert-OH is 1. The molecule has 37 heavy (non-hydrogen) atoms. The maximum absolute atomic E-state index is 13.7. The van der Waals surface area contributed by atoms with E-state index in [0.29, 0.717) is 31.0 Å². The number of methoxy groups -OCH3 is 1. The van der Waals surface area contributed by atoms with Crippen LogP contribution in [0.5, 0.6) is 5.75 Å². The lowest BCUT2D eigenvalue weighted by Crippen LogP contribution is -2.55. The van der Waals surface area contributed by atoms with Gasteiger partial charge in [0.15, 0.2) is 6.10 Å². The standard InChI is InChI=1S/C26H32N4O7/c1-37-20-7-3-6-17-16(20)11-19(28-17)25(34)30-12-14-4-2-5-15(14)21(30)24(33)29-18(22(31)26(35)36)10-13-8-9-27-23(13)32/h3,6-7,11,13-15,18,21-22,28,31H,2,4-5,8-10,12H2,1H3,(H,27,32)(H,29,33)(H,35,36)/t13-,14-,15-,18-,21-,22?/m0/s1. The number of aromatic amines is 1. The van der Waals surface area contributed by atoms with E-state index in [4.69, 9.17) is 4.74 Å². The van der Waals surface area contributed by atoms with Gasteiger partial charge in [-0.1, -0.05) is 12.5 Å². The highest BCUT2D eigenvalue weighted by atomic mass is 16.5. The predicted octanol–water partition coefficient (Wildman–Crippen LogP) is 0.874. The SMILES string of the molecule is COc1cccc2[nH]c(C(=O)N3C[C@@H]4CCC[C@@H]4[C@H]3C(=O)N[C@@H](C[C@@H]3CCNC3=O)C(O)C(=O)O)cc12. The lowest BCUT2D eigenvalue weighted by molar-refractivity contribution is -0.149. The van der Waals surface area contributed by atoms with E-state index in [9.17, 15) is 29.4 Å². The topological polar surface area (TPSA) is 161 Å². The van der Waals surface area contributed by atoms with Crippen molar-refractivity contribution in [2.24, 2.45) is 17.8 Å². The first-order valence-corrected chi connectivity index (χ1v) is 12.7. The summed E-state index contributed by atoms with van der Waals surface area (Å²) in [5.74, 6) is -2.28. The molecule has 1 aromatic heterocycles. The van der Waals surface area contributed by atoms with Crippen molar-refractivity contribution in [1.29, 1.82) is 0 Å². The largest absolute Gasteiger partial charge is 0.496 e. The van der Waals surface area contributed by atoms with Crippen molar-refractivity contribution in [2.45, 2.75) is 50.3 Å². The van der Waals surface area contributed by atoms with Gasteiger partial charge < -0.3 is 35.5 Å². The molecule has 0 spiro atoms. The summed E-state index contributed by atoms with van der Waals surface area (Å²) < 4.78 is 5.40. The van der Waals surface area contributed by atoms with Crippen molar-refractivity contribution < 1.29 is 34.1 Å². The minimum Gasteiger partial charge on any atom is -0.496 e. The third-order valence-electron chi connectivity index (χ3n) is 8.16. The second-order valence-electron chi connectivity index (χ2n) is 10.3. The number of carboxylic acids is 1. The first-order chi connectivity index (χ1) is 17.8. The number of nitrogens with one attached hydrogen (secondary N) is 3. The number of H-pyrrole nitrogens is 1. The Kier molecular flexibility index (Phi) is 6.80. The molecule has 1 aromatic carbocycles. The van der Waals surface area contributed by atoms with Gasteiger partial charge in [0, 0.05) is 29.9 Å². The zero-order chi connectivity index (χ0) is 26.3. The summed E-state index contributed by atoms with van der Waals surface area (Å²) in [5, 5.41) is 26.0. The Bertz CT molecular complexity index is 1230. The van der Waals surface area contributed by atoms with Crippen molar-refractivity contribution in [3.05, 3.63) is 30.0 Å². The molecule has 6 atom stereocenters. The van der Waals surface area contributed by atoms with Crippen molar-refractivity contribution >= 4 is 34.6 Å². The fourth-order valence-corrected chi connectivity index (χ4v) is 6.31. The van der Waals surface area contributed by atoms with E-state index in [1.54, 1.807) is 24.1 Å². The molecular formula is C26H32N4O7. The maximum Gasteiger partial charge on any atom is 0.334 e. The average molecular weight is 513 g/mol. The van der Waals surface area contributed by atoms with Crippen LogP contribution in [0.1, 0.15) is 42.6 Å². The zero-order valence-electron chi connectivity index (χ0n) is 20.6. The molecule has 2 saturated heterocycles. The van der Waals surface area contributed by atoms with Gasteiger partial charge in [0.25, 0.3) is 5.91 Å². The van der Waals surface area contributed by atoms with E-state index in [1.807, 2.05) is 12.1 Å². The van der Waals surface area contributed by atoms with E-state index in [-0.39, 0.29) is 30.1 Å². The minimum absolute atomic E-state index is 0.00160. The van der Waals surface area contributed by atoms with E-state index in [1.165, 1.54) is 0 Å². The molecule has 0 radical (unpaired) electrons. The number of aliphatic hydroxyl groups is 1. The molecule has 0 bridgehead atoms. The summed E-state index contributed by atoms with van der Waals surface area (Å²) >= 11 is 0. The number of hydrogen-bond acceptors (Lipinski definition) is 6. The zero-order valence-corrected chi connectivity index (χ0v) is 20.6. The summed E-state index contributed by atoms with van der Waals surface area (Å²) in [6, 6.07) is 5.23. The molecule has 1 unspecified atom stereocenters. The first-order valence-electron chi connectivity index (χ1n) is 12.7. The number of likely N-dealkylation sites (tertiary alicyclic amines) is 1. The molecule has 11 heteroatoms. The number of aromatic nitrogens is 1.